The largest absolute Gasteiger partial charge is 0.324 e. The molecule has 0 radical (unpaired) electrons. The highest BCUT2D eigenvalue weighted by atomic mass is 79.9. The number of thioether (sulfide) groups is 1. The first-order valence-corrected chi connectivity index (χ1v) is 9.54. The van der Waals surface area contributed by atoms with Gasteiger partial charge in [0.1, 0.15) is 5.82 Å². The van der Waals surface area contributed by atoms with E-state index >= 15 is 0 Å². The fourth-order valence-electron chi connectivity index (χ4n) is 2.22. The molecule has 0 unspecified atom stereocenters. The van der Waals surface area contributed by atoms with E-state index < -0.39 is 5.82 Å². The Hall–Kier alpha value is -2.26. The standard InChI is InChI=1S/C17H15BrFN5OS/c1-11-21-22-23-24(11)13-4-7-15(19)16(10-13)20-17(25)8-9-26-14-5-2-12(18)3-6-14/h2-7,10H,8-9H2,1H3,(H,20,25). The maximum Gasteiger partial charge on any atom is 0.225 e. The number of anilines is 1. The molecule has 1 amide bonds. The number of hydrogen-bond acceptors (Lipinski definition) is 5. The van der Waals surface area contributed by atoms with Crippen LogP contribution in [0.25, 0.3) is 5.69 Å². The maximum atomic E-state index is 14.0. The van der Waals surface area contributed by atoms with Crippen LogP contribution in [0.4, 0.5) is 10.1 Å². The molecule has 2 aromatic carbocycles. The third-order valence-corrected chi connectivity index (χ3v) is 5.05. The first kappa shape index (κ1) is 18.5. The molecule has 1 heterocycles. The molecule has 0 fully saturated rings. The monoisotopic (exact) mass is 435 g/mol. The molecule has 0 aliphatic rings. The summed E-state index contributed by atoms with van der Waals surface area (Å²) in [6, 6.07) is 12.2. The summed E-state index contributed by atoms with van der Waals surface area (Å²) in [4.78, 5) is 13.2. The molecule has 3 rings (SSSR count). The van der Waals surface area contributed by atoms with Gasteiger partial charge in [0.05, 0.1) is 11.4 Å². The maximum absolute atomic E-state index is 14.0. The van der Waals surface area contributed by atoms with Crippen molar-refractivity contribution in [3.8, 4) is 5.69 Å². The van der Waals surface area contributed by atoms with Crippen LogP contribution < -0.4 is 5.32 Å². The average Bonchev–Trinajstić information content (AvgIpc) is 3.05. The minimum Gasteiger partial charge on any atom is -0.324 e. The fraction of sp³-hybridized carbons (Fsp3) is 0.176. The number of nitrogens with zero attached hydrogens (tertiary/aromatic N) is 4. The summed E-state index contributed by atoms with van der Waals surface area (Å²) in [5.41, 5.74) is 0.685. The number of amides is 1. The summed E-state index contributed by atoms with van der Waals surface area (Å²) in [5.74, 6) is 0.410. The summed E-state index contributed by atoms with van der Waals surface area (Å²) in [5, 5.41) is 13.8. The molecule has 1 aromatic heterocycles. The zero-order chi connectivity index (χ0) is 18.5. The topological polar surface area (TPSA) is 72.7 Å². The lowest BCUT2D eigenvalue weighted by molar-refractivity contribution is -0.115. The third-order valence-electron chi connectivity index (χ3n) is 3.51. The molecule has 6 nitrogen and oxygen atoms in total. The van der Waals surface area contributed by atoms with Gasteiger partial charge in [-0.3, -0.25) is 4.79 Å². The molecule has 26 heavy (non-hydrogen) atoms. The van der Waals surface area contributed by atoms with E-state index in [2.05, 4.69) is 36.8 Å². The lowest BCUT2D eigenvalue weighted by atomic mass is 10.2. The van der Waals surface area contributed by atoms with E-state index in [1.807, 2.05) is 24.3 Å². The van der Waals surface area contributed by atoms with Crippen LogP contribution in [-0.2, 0) is 4.79 Å². The van der Waals surface area contributed by atoms with E-state index in [4.69, 9.17) is 0 Å². The lowest BCUT2D eigenvalue weighted by Gasteiger charge is -2.09. The van der Waals surface area contributed by atoms with Crippen molar-refractivity contribution in [2.75, 3.05) is 11.1 Å². The molecule has 1 N–H and O–H groups in total. The molecule has 0 saturated carbocycles. The van der Waals surface area contributed by atoms with Gasteiger partial charge in [0, 0.05) is 21.5 Å². The minimum absolute atomic E-state index is 0.107. The second-order valence-corrected chi connectivity index (χ2v) is 7.49. The first-order chi connectivity index (χ1) is 12.5. The molecule has 0 aliphatic heterocycles. The van der Waals surface area contributed by atoms with Gasteiger partial charge in [-0.1, -0.05) is 15.9 Å². The number of aryl methyl sites for hydroxylation is 1. The van der Waals surface area contributed by atoms with Gasteiger partial charge < -0.3 is 5.32 Å². The molecule has 0 atom stereocenters. The predicted octanol–water partition coefficient (Wildman–Crippen LogP) is 3.99. The van der Waals surface area contributed by atoms with E-state index in [9.17, 15) is 9.18 Å². The Kier molecular flexibility index (Phi) is 6.00. The Morgan fingerprint density at radius 3 is 2.73 bits per heavy atom. The number of aromatic nitrogens is 4. The fourth-order valence-corrected chi connectivity index (χ4v) is 3.33. The summed E-state index contributed by atoms with van der Waals surface area (Å²) in [6.45, 7) is 1.74. The van der Waals surface area contributed by atoms with Crippen molar-refractivity contribution in [3.63, 3.8) is 0 Å². The van der Waals surface area contributed by atoms with E-state index in [-0.39, 0.29) is 18.0 Å². The van der Waals surface area contributed by atoms with Crippen LogP contribution in [0, 0.1) is 12.7 Å². The van der Waals surface area contributed by atoms with Gasteiger partial charge in [-0.15, -0.1) is 16.9 Å². The van der Waals surface area contributed by atoms with Crippen LogP contribution in [0.2, 0.25) is 0 Å². The van der Waals surface area contributed by atoms with Gasteiger partial charge in [0.2, 0.25) is 5.91 Å². The quantitative estimate of drug-likeness (QED) is 0.592. The van der Waals surface area contributed by atoms with Crippen molar-refractivity contribution in [1.29, 1.82) is 0 Å². The number of tetrazole rings is 1. The molecule has 0 spiro atoms. The highest BCUT2D eigenvalue weighted by molar-refractivity contribution is 9.10. The molecular formula is C17H15BrFN5OS. The van der Waals surface area contributed by atoms with Crippen LogP contribution in [0.1, 0.15) is 12.2 Å². The zero-order valence-corrected chi connectivity index (χ0v) is 16.2. The van der Waals surface area contributed by atoms with Gasteiger partial charge in [-0.2, -0.15) is 4.68 Å². The zero-order valence-electron chi connectivity index (χ0n) is 13.8. The van der Waals surface area contributed by atoms with Gasteiger partial charge in [-0.05, 0) is 59.8 Å². The van der Waals surface area contributed by atoms with Crippen LogP contribution in [0.5, 0.6) is 0 Å². The van der Waals surface area contributed by atoms with Gasteiger partial charge >= 0.3 is 0 Å². The smallest absolute Gasteiger partial charge is 0.225 e. The Morgan fingerprint density at radius 1 is 1.27 bits per heavy atom. The van der Waals surface area contributed by atoms with E-state index in [0.29, 0.717) is 17.3 Å². The summed E-state index contributed by atoms with van der Waals surface area (Å²) in [7, 11) is 0. The minimum atomic E-state index is -0.506. The molecule has 9 heteroatoms. The number of nitrogens with one attached hydrogen (secondary N) is 1. The molecule has 3 aromatic rings. The lowest BCUT2D eigenvalue weighted by Crippen LogP contribution is -2.14. The van der Waals surface area contributed by atoms with Crippen molar-refractivity contribution < 1.29 is 9.18 Å². The van der Waals surface area contributed by atoms with Crippen molar-refractivity contribution >= 4 is 39.3 Å². The Morgan fingerprint density at radius 2 is 2.04 bits per heavy atom. The first-order valence-electron chi connectivity index (χ1n) is 7.76. The highest BCUT2D eigenvalue weighted by Gasteiger charge is 2.11. The molecule has 134 valence electrons. The number of rotatable bonds is 6. The molecule has 0 saturated heterocycles. The number of carbonyl (C=O) groups is 1. The van der Waals surface area contributed by atoms with Crippen molar-refractivity contribution in [2.24, 2.45) is 0 Å². The second-order valence-electron chi connectivity index (χ2n) is 5.40. The Labute approximate surface area is 162 Å². The van der Waals surface area contributed by atoms with Crippen molar-refractivity contribution in [3.05, 3.63) is 58.6 Å². The average molecular weight is 436 g/mol. The normalized spacial score (nSPS) is 10.7. The van der Waals surface area contributed by atoms with Crippen molar-refractivity contribution in [2.45, 2.75) is 18.2 Å². The molecular weight excluding hydrogens is 421 g/mol. The Balaban J connectivity index is 1.60. The van der Waals surface area contributed by atoms with E-state index in [0.717, 1.165) is 9.37 Å². The van der Waals surface area contributed by atoms with E-state index in [1.165, 1.54) is 16.8 Å². The van der Waals surface area contributed by atoms with E-state index in [1.54, 1.807) is 24.8 Å². The number of hydrogen-bond donors (Lipinski definition) is 1. The number of benzene rings is 2. The molecule has 0 aliphatic carbocycles. The SMILES string of the molecule is Cc1nnnn1-c1ccc(F)c(NC(=O)CCSc2ccc(Br)cc2)c1. The molecule has 0 bridgehead atoms. The van der Waals surface area contributed by atoms with Crippen molar-refractivity contribution in [1.82, 2.24) is 20.2 Å². The van der Waals surface area contributed by atoms with Crippen LogP contribution in [0.15, 0.2) is 51.8 Å². The Bertz CT molecular complexity index is 916. The van der Waals surface area contributed by atoms with Crippen LogP contribution >= 0.6 is 27.7 Å². The summed E-state index contributed by atoms with van der Waals surface area (Å²) < 4.78 is 16.5. The van der Waals surface area contributed by atoms with Gasteiger partial charge in [0.25, 0.3) is 0 Å². The highest BCUT2D eigenvalue weighted by Crippen LogP contribution is 2.22. The number of carbonyl (C=O) groups excluding carboxylic acids is 1. The second kappa shape index (κ2) is 8.41. The van der Waals surface area contributed by atoms with Gasteiger partial charge in [0.15, 0.2) is 5.82 Å². The summed E-state index contributed by atoms with van der Waals surface area (Å²) in [6.07, 6.45) is 0.272. The summed E-state index contributed by atoms with van der Waals surface area (Å²) >= 11 is 4.95. The van der Waals surface area contributed by atoms with Crippen LogP contribution in [-0.4, -0.2) is 31.9 Å². The van der Waals surface area contributed by atoms with Crippen LogP contribution in [0.3, 0.4) is 0 Å². The number of halogens is 2. The van der Waals surface area contributed by atoms with Gasteiger partial charge in [-0.25, -0.2) is 4.39 Å². The predicted molar refractivity (Wildman–Crippen MR) is 102 cm³/mol. The third kappa shape index (κ3) is 4.67.